The van der Waals surface area contributed by atoms with Crippen LogP contribution in [0.3, 0.4) is 0 Å². The van der Waals surface area contributed by atoms with Gasteiger partial charge in [-0.1, -0.05) is 17.7 Å². The van der Waals surface area contributed by atoms with Crippen LogP contribution in [0.25, 0.3) is 0 Å². The number of rotatable bonds is 3. The Bertz CT molecular complexity index is 643. The van der Waals surface area contributed by atoms with Crippen LogP contribution in [-0.2, 0) is 0 Å². The van der Waals surface area contributed by atoms with E-state index in [4.69, 9.17) is 11.6 Å². The molecule has 0 aliphatic carbocycles. The number of hydrogen-bond acceptors (Lipinski definition) is 4. The second kappa shape index (κ2) is 5.88. The Kier molecular flexibility index (Phi) is 4.20. The summed E-state index contributed by atoms with van der Waals surface area (Å²) in [6, 6.07) is 6.91. The Balaban J connectivity index is 2.28. The van der Waals surface area contributed by atoms with Gasteiger partial charge in [-0.25, -0.2) is 9.97 Å². The predicted octanol–water partition coefficient (Wildman–Crippen LogP) is 2.76. The van der Waals surface area contributed by atoms with Crippen molar-refractivity contribution in [2.75, 3.05) is 24.3 Å². The Morgan fingerprint density at radius 1 is 1.35 bits per heavy atom. The van der Waals surface area contributed by atoms with E-state index in [2.05, 4.69) is 15.3 Å². The van der Waals surface area contributed by atoms with Crippen molar-refractivity contribution in [2.45, 2.75) is 6.92 Å². The zero-order chi connectivity index (χ0) is 14.7. The summed E-state index contributed by atoms with van der Waals surface area (Å²) in [5.41, 5.74) is 1.34. The molecule has 1 amide bonds. The number of carbonyl (C=O) groups excluding carboxylic acids is 1. The number of aromatic nitrogens is 2. The van der Waals surface area contributed by atoms with Crippen LogP contribution in [0.2, 0.25) is 5.15 Å². The Morgan fingerprint density at radius 3 is 2.75 bits per heavy atom. The number of aryl methyl sites for hydroxylation is 1. The first kappa shape index (κ1) is 14.3. The van der Waals surface area contributed by atoms with Crippen LogP contribution in [0.15, 0.2) is 30.5 Å². The quantitative estimate of drug-likeness (QED) is 0.883. The summed E-state index contributed by atoms with van der Waals surface area (Å²) >= 11 is 5.94. The molecule has 0 aromatic carbocycles. The molecule has 5 nitrogen and oxygen atoms in total. The van der Waals surface area contributed by atoms with Gasteiger partial charge in [-0.3, -0.25) is 4.79 Å². The first-order valence-corrected chi connectivity index (χ1v) is 6.43. The average Bonchev–Trinajstić information content (AvgIpc) is 2.40. The van der Waals surface area contributed by atoms with Gasteiger partial charge < -0.3 is 10.2 Å². The smallest absolute Gasteiger partial charge is 0.257 e. The van der Waals surface area contributed by atoms with Gasteiger partial charge in [0.1, 0.15) is 16.8 Å². The summed E-state index contributed by atoms with van der Waals surface area (Å²) in [5, 5.41) is 3.04. The first-order chi connectivity index (χ1) is 9.47. The van der Waals surface area contributed by atoms with Crippen molar-refractivity contribution in [1.82, 2.24) is 9.97 Å². The van der Waals surface area contributed by atoms with Gasteiger partial charge in [-0.15, -0.1) is 0 Å². The molecule has 6 heteroatoms. The standard InChI is InChI=1S/C14H15ClN4O/c1-9-5-4-6-16-13(9)18-14(20)10-7-11(15)17-12(8-10)19(2)3/h4-8H,1-3H3,(H,16,18,20). The van der Waals surface area contributed by atoms with Gasteiger partial charge in [-0.2, -0.15) is 0 Å². The van der Waals surface area contributed by atoms with Crippen molar-refractivity contribution < 1.29 is 4.79 Å². The highest BCUT2D eigenvalue weighted by atomic mass is 35.5. The molecule has 0 aliphatic heterocycles. The van der Waals surface area contributed by atoms with E-state index in [9.17, 15) is 4.79 Å². The van der Waals surface area contributed by atoms with Crippen LogP contribution >= 0.6 is 11.6 Å². The van der Waals surface area contributed by atoms with E-state index >= 15 is 0 Å². The molecule has 0 radical (unpaired) electrons. The molecule has 0 saturated heterocycles. The SMILES string of the molecule is Cc1cccnc1NC(=O)c1cc(Cl)nc(N(C)C)c1. The molecule has 2 rings (SSSR count). The molecule has 0 bridgehead atoms. The Hall–Kier alpha value is -2.14. The van der Waals surface area contributed by atoms with Gasteiger partial charge in [0.2, 0.25) is 0 Å². The topological polar surface area (TPSA) is 58.1 Å². The van der Waals surface area contributed by atoms with Crippen molar-refractivity contribution >= 4 is 29.1 Å². The lowest BCUT2D eigenvalue weighted by Crippen LogP contribution is -2.16. The summed E-state index contributed by atoms with van der Waals surface area (Å²) in [6.45, 7) is 1.88. The number of hydrogen-bond donors (Lipinski definition) is 1. The molecule has 104 valence electrons. The van der Waals surface area contributed by atoms with Gasteiger partial charge in [0.15, 0.2) is 0 Å². The van der Waals surface area contributed by atoms with E-state index in [1.54, 1.807) is 17.2 Å². The maximum atomic E-state index is 12.2. The summed E-state index contributed by atoms with van der Waals surface area (Å²) in [4.78, 5) is 22.3. The number of nitrogens with one attached hydrogen (secondary N) is 1. The third-order valence-electron chi connectivity index (χ3n) is 2.74. The number of pyridine rings is 2. The molecule has 1 N–H and O–H groups in total. The fourth-order valence-corrected chi connectivity index (χ4v) is 1.84. The van der Waals surface area contributed by atoms with Crippen molar-refractivity contribution in [1.29, 1.82) is 0 Å². The molecule has 2 aromatic heterocycles. The summed E-state index contributed by atoms with van der Waals surface area (Å²) in [7, 11) is 3.67. The molecule has 0 atom stereocenters. The number of nitrogens with zero attached hydrogens (tertiary/aromatic N) is 3. The molecule has 0 saturated carbocycles. The van der Waals surface area contributed by atoms with Gasteiger partial charge in [0.25, 0.3) is 5.91 Å². The molecule has 20 heavy (non-hydrogen) atoms. The van der Waals surface area contributed by atoms with E-state index in [0.29, 0.717) is 17.2 Å². The van der Waals surface area contributed by atoms with Gasteiger partial charge in [0, 0.05) is 25.9 Å². The lowest BCUT2D eigenvalue weighted by atomic mass is 10.2. The summed E-state index contributed by atoms with van der Waals surface area (Å²) in [5.74, 6) is 0.899. The van der Waals surface area contributed by atoms with Crippen molar-refractivity contribution in [3.63, 3.8) is 0 Å². The van der Waals surface area contributed by atoms with E-state index in [0.717, 1.165) is 5.56 Å². The van der Waals surface area contributed by atoms with Crippen LogP contribution in [0.4, 0.5) is 11.6 Å². The Morgan fingerprint density at radius 2 is 2.10 bits per heavy atom. The van der Waals surface area contributed by atoms with Crippen LogP contribution in [0, 0.1) is 6.92 Å². The molecule has 0 unspecified atom stereocenters. The van der Waals surface area contributed by atoms with Crippen LogP contribution < -0.4 is 10.2 Å². The second-order valence-electron chi connectivity index (χ2n) is 4.55. The second-order valence-corrected chi connectivity index (χ2v) is 4.94. The molecule has 2 heterocycles. The monoisotopic (exact) mass is 290 g/mol. The lowest BCUT2D eigenvalue weighted by Gasteiger charge is -2.13. The lowest BCUT2D eigenvalue weighted by molar-refractivity contribution is 0.102. The molecular formula is C14H15ClN4O. The van der Waals surface area contributed by atoms with Gasteiger partial charge >= 0.3 is 0 Å². The van der Waals surface area contributed by atoms with Crippen molar-refractivity contribution in [3.05, 3.63) is 46.7 Å². The molecule has 0 spiro atoms. The largest absolute Gasteiger partial charge is 0.363 e. The number of halogens is 1. The molecule has 0 aliphatic rings. The summed E-state index contributed by atoms with van der Waals surface area (Å²) in [6.07, 6.45) is 1.63. The van der Waals surface area contributed by atoms with Crippen LogP contribution in [-0.4, -0.2) is 30.0 Å². The average molecular weight is 291 g/mol. The first-order valence-electron chi connectivity index (χ1n) is 6.05. The molecular weight excluding hydrogens is 276 g/mol. The minimum atomic E-state index is -0.265. The van der Waals surface area contributed by atoms with Crippen LogP contribution in [0.1, 0.15) is 15.9 Å². The van der Waals surface area contributed by atoms with Crippen LogP contribution in [0.5, 0.6) is 0 Å². The predicted molar refractivity (Wildman–Crippen MR) is 80.5 cm³/mol. The van der Waals surface area contributed by atoms with Crippen molar-refractivity contribution in [2.24, 2.45) is 0 Å². The third kappa shape index (κ3) is 3.24. The highest BCUT2D eigenvalue weighted by molar-refractivity contribution is 6.30. The third-order valence-corrected chi connectivity index (χ3v) is 2.94. The maximum absolute atomic E-state index is 12.2. The fraction of sp³-hybridized carbons (Fsp3) is 0.214. The highest BCUT2D eigenvalue weighted by Gasteiger charge is 2.12. The number of carbonyl (C=O) groups is 1. The molecule has 2 aromatic rings. The van der Waals surface area contributed by atoms with E-state index in [1.807, 2.05) is 33.2 Å². The van der Waals surface area contributed by atoms with Crippen molar-refractivity contribution in [3.8, 4) is 0 Å². The normalized spacial score (nSPS) is 10.2. The number of anilines is 2. The van der Waals surface area contributed by atoms with E-state index < -0.39 is 0 Å². The van der Waals surface area contributed by atoms with Gasteiger partial charge in [0.05, 0.1) is 0 Å². The zero-order valence-electron chi connectivity index (χ0n) is 11.5. The Labute approximate surface area is 122 Å². The molecule has 0 fully saturated rings. The number of amides is 1. The zero-order valence-corrected chi connectivity index (χ0v) is 12.3. The van der Waals surface area contributed by atoms with Gasteiger partial charge in [-0.05, 0) is 30.7 Å². The minimum absolute atomic E-state index is 0.265. The van der Waals surface area contributed by atoms with E-state index in [-0.39, 0.29) is 11.1 Å². The minimum Gasteiger partial charge on any atom is -0.363 e. The summed E-state index contributed by atoms with van der Waals surface area (Å²) < 4.78 is 0. The van der Waals surface area contributed by atoms with E-state index in [1.165, 1.54) is 6.07 Å². The maximum Gasteiger partial charge on any atom is 0.257 e. The fourth-order valence-electron chi connectivity index (χ4n) is 1.64. The highest BCUT2D eigenvalue weighted by Crippen LogP contribution is 2.18.